The van der Waals surface area contributed by atoms with Crippen LogP contribution in [0.25, 0.3) is 21.8 Å². The van der Waals surface area contributed by atoms with Crippen molar-refractivity contribution in [2.45, 2.75) is 13.8 Å². The number of carboxylic acid groups (broad SMARTS) is 1. The molecule has 0 amide bonds. The molecule has 5 heteroatoms. The van der Waals surface area contributed by atoms with Crippen molar-refractivity contribution in [3.05, 3.63) is 35.7 Å². The van der Waals surface area contributed by atoms with Crippen LogP contribution in [0.5, 0.6) is 5.75 Å². The van der Waals surface area contributed by atoms with Gasteiger partial charge in [0.25, 0.3) is 0 Å². The van der Waals surface area contributed by atoms with Gasteiger partial charge in [-0.15, -0.1) is 0 Å². The number of aromatic carboxylic acids is 1. The number of nitrogens with one attached hydrogen (secondary N) is 1. The van der Waals surface area contributed by atoms with E-state index >= 15 is 0 Å². The van der Waals surface area contributed by atoms with Crippen molar-refractivity contribution in [2.75, 3.05) is 6.61 Å². The molecule has 5 nitrogen and oxygen atoms in total. The fourth-order valence-corrected chi connectivity index (χ4v) is 2.47. The molecule has 2 aromatic heterocycles. The first-order chi connectivity index (χ1) is 9.63. The third-order valence-corrected chi connectivity index (χ3v) is 3.28. The lowest BCUT2D eigenvalue weighted by Crippen LogP contribution is -2.07. The van der Waals surface area contributed by atoms with Gasteiger partial charge in [0, 0.05) is 10.9 Å². The van der Waals surface area contributed by atoms with Crippen molar-refractivity contribution in [3.8, 4) is 5.75 Å². The molecule has 0 aliphatic heterocycles. The summed E-state index contributed by atoms with van der Waals surface area (Å²) in [5.74, 6) is -0.748. The minimum atomic E-state index is -1.08. The molecule has 0 atom stereocenters. The lowest BCUT2D eigenvalue weighted by molar-refractivity contribution is 0.0686. The van der Waals surface area contributed by atoms with E-state index in [-0.39, 0.29) is 5.69 Å². The number of carbonyl (C=O) groups is 1. The maximum Gasteiger partial charge on any atom is 0.358 e. The Kier molecular flexibility index (Phi) is 2.82. The number of hydrogen-bond acceptors (Lipinski definition) is 3. The van der Waals surface area contributed by atoms with E-state index in [2.05, 4.69) is 9.97 Å². The number of hydrogen-bond donors (Lipinski definition) is 2. The van der Waals surface area contributed by atoms with Gasteiger partial charge in [-0.05, 0) is 19.9 Å². The largest absolute Gasteiger partial charge is 0.491 e. The Morgan fingerprint density at radius 2 is 2.15 bits per heavy atom. The highest BCUT2D eigenvalue weighted by molar-refractivity contribution is 6.13. The molecule has 102 valence electrons. The summed E-state index contributed by atoms with van der Waals surface area (Å²) in [7, 11) is 0. The molecule has 3 aromatic rings. The Morgan fingerprint density at radius 1 is 1.40 bits per heavy atom. The fourth-order valence-electron chi connectivity index (χ4n) is 2.47. The Balaban J connectivity index is 2.52. The van der Waals surface area contributed by atoms with E-state index in [4.69, 9.17) is 4.74 Å². The van der Waals surface area contributed by atoms with Crippen molar-refractivity contribution >= 4 is 27.8 Å². The smallest absolute Gasteiger partial charge is 0.358 e. The lowest BCUT2D eigenvalue weighted by atomic mass is 10.1. The SMILES string of the molecule is CCOc1c(C(=O)O)nc(C)c2[nH]c3ccccc3c12. The number of H-pyrrole nitrogens is 1. The predicted molar refractivity (Wildman–Crippen MR) is 76.5 cm³/mol. The number of pyridine rings is 1. The molecule has 0 aliphatic carbocycles. The van der Waals surface area contributed by atoms with E-state index in [1.54, 1.807) is 6.92 Å². The molecule has 0 unspecified atom stereocenters. The number of aryl methyl sites for hydroxylation is 1. The van der Waals surface area contributed by atoms with Crippen LogP contribution in [0.3, 0.4) is 0 Å². The highest BCUT2D eigenvalue weighted by Crippen LogP contribution is 2.36. The van der Waals surface area contributed by atoms with Crippen LogP contribution in [0.4, 0.5) is 0 Å². The summed E-state index contributed by atoms with van der Waals surface area (Å²) in [6, 6.07) is 7.74. The molecule has 0 fully saturated rings. The summed E-state index contributed by atoms with van der Waals surface area (Å²) in [6.45, 7) is 4.01. The summed E-state index contributed by atoms with van der Waals surface area (Å²) in [4.78, 5) is 18.8. The lowest BCUT2D eigenvalue weighted by Gasteiger charge is -2.09. The molecule has 2 heterocycles. The molecule has 0 aliphatic rings. The Labute approximate surface area is 115 Å². The van der Waals surface area contributed by atoms with Gasteiger partial charge in [-0.3, -0.25) is 0 Å². The van der Waals surface area contributed by atoms with E-state index in [0.29, 0.717) is 18.1 Å². The molecule has 0 spiro atoms. The maximum atomic E-state index is 11.4. The number of benzene rings is 1. The number of fused-ring (bicyclic) bond motifs is 3. The monoisotopic (exact) mass is 270 g/mol. The zero-order chi connectivity index (χ0) is 14.3. The van der Waals surface area contributed by atoms with Crippen LogP contribution in [-0.2, 0) is 0 Å². The minimum absolute atomic E-state index is 0.0402. The average Bonchev–Trinajstić information content (AvgIpc) is 2.82. The molecule has 0 radical (unpaired) electrons. The van der Waals surface area contributed by atoms with Gasteiger partial charge < -0.3 is 14.8 Å². The zero-order valence-electron chi connectivity index (χ0n) is 11.2. The Bertz CT molecular complexity index is 821. The van der Waals surface area contributed by atoms with Crippen molar-refractivity contribution in [2.24, 2.45) is 0 Å². The van der Waals surface area contributed by atoms with Crippen molar-refractivity contribution in [1.82, 2.24) is 9.97 Å². The Hall–Kier alpha value is -2.56. The van der Waals surface area contributed by atoms with Gasteiger partial charge in [-0.25, -0.2) is 9.78 Å². The van der Waals surface area contributed by atoms with Gasteiger partial charge in [0.15, 0.2) is 11.4 Å². The number of nitrogens with zero attached hydrogens (tertiary/aromatic N) is 1. The van der Waals surface area contributed by atoms with Crippen molar-refractivity contribution in [3.63, 3.8) is 0 Å². The van der Waals surface area contributed by atoms with Gasteiger partial charge in [-0.2, -0.15) is 0 Å². The van der Waals surface area contributed by atoms with Gasteiger partial charge in [0.2, 0.25) is 0 Å². The third kappa shape index (κ3) is 1.71. The number of para-hydroxylation sites is 1. The van der Waals surface area contributed by atoms with Crippen molar-refractivity contribution in [1.29, 1.82) is 0 Å². The van der Waals surface area contributed by atoms with Crippen LogP contribution in [0.2, 0.25) is 0 Å². The topological polar surface area (TPSA) is 75.2 Å². The first-order valence-corrected chi connectivity index (χ1v) is 6.40. The maximum absolute atomic E-state index is 11.4. The summed E-state index contributed by atoms with van der Waals surface area (Å²) in [6.07, 6.45) is 0. The molecule has 0 saturated heterocycles. The molecule has 2 N–H and O–H groups in total. The van der Waals surface area contributed by atoms with Gasteiger partial charge in [0.05, 0.1) is 23.2 Å². The molecule has 0 saturated carbocycles. The number of rotatable bonds is 3. The molecular weight excluding hydrogens is 256 g/mol. The Morgan fingerprint density at radius 3 is 2.85 bits per heavy atom. The molecular formula is C15H14N2O3. The number of carboxylic acids is 1. The van der Waals surface area contributed by atoms with Crippen LogP contribution in [-0.4, -0.2) is 27.7 Å². The molecule has 20 heavy (non-hydrogen) atoms. The van der Waals surface area contributed by atoms with E-state index < -0.39 is 5.97 Å². The summed E-state index contributed by atoms with van der Waals surface area (Å²) in [5.41, 5.74) is 2.37. The normalized spacial score (nSPS) is 11.1. The van der Waals surface area contributed by atoms with E-state index in [0.717, 1.165) is 21.8 Å². The molecule has 1 aromatic carbocycles. The van der Waals surface area contributed by atoms with Crippen LogP contribution in [0.1, 0.15) is 23.1 Å². The van der Waals surface area contributed by atoms with Gasteiger partial charge in [0.1, 0.15) is 0 Å². The highest BCUT2D eigenvalue weighted by atomic mass is 16.5. The summed E-state index contributed by atoms with van der Waals surface area (Å²) >= 11 is 0. The van der Waals surface area contributed by atoms with E-state index in [1.165, 1.54) is 0 Å². The zero-order valence-corrected chi connectivity index (χ0v) is 11.2. The highest BCUT2D eigenvalue weighted by Gasteiger charge is 2.21. The fraction of sp³-hybridized carbons (Fsp3) is 0.200. The van der Waals surface area contributed by atoms with E-state index in [9.17, 15) is 9.90 Å². The third-order valence-electron chi connectivity index (χ3n) is 3.28. The van der Waals surface area contributed by atoms with Crippen LogP contribution in [0.15, 0.2) is 24.3 Å². The summed E-state index contributed by atoms with van der Waals surface area (Å²) in [5, 5.41) is 11.1. The first kappa shape index (κ1) is 12.5. The number of aromatic amines is 1. The number of aromatic nitrogens is 2. The number of ether oxygens (including phenoxy) is 1. The summed E-state index contributed by atoms with van der Waals surface area (Å²) < 4.78 is 5.57. The van der Waals surface area contributed by atoms with Gasteiger partial charge in [-0.1, -0.05) is 18.2 Å². The predicted octanol–water partition coefficient (Wildman–Crippen LogP) is 3.12. The van der Waals surface area contributed by atoms with Gasteiger partial charge >= 0.3 is 5.97 Å². The van der Waals surface area contributed by atoms with Crippen LogP contribution < -0.4 is 4.74 Å². The average molecular weight is 270 g/mol. The van der Waals surface area contributed by atoms with Crippen LogP contribution in [0, 0.1) is 6.92 Å². The molecule has 0 bridgehead atoms. The second kappa shape index (κ2) is 4.52. The second-order valence-corrected chi connectivity index (χ2v) is 4.53. The van der Waals surface area contributed by atoms with E-state index in [1.807, 2.05) is 31.2 Å². The van der Waals surface area contributed by atoms with Crippen LogP contribution >= 0.6 is 0 Å². The second-order valence-electron chi connectivity index (χ2n) is 4.53. The first-order valence-electron chi connectivity index (χ1n) is 6.40. The standard InChI is InChI=1S/C15H14N2O3/c1-3-20-14-11-9-6-4-5-7-10(9)17-12(11)8(2)16-13(14)15(18)19/h4-7,17H,3H2,1-2H3,(H,18,19). The van der Waals surface area contributed by atoms with Crippen molar-refractivity contribution < 1.29 is 14.6 Å². The minimum Gasteiger partial charge on any atom is -0.491 e. The quantitative estimate of drug-likeness (QED) is 0.766. The molecule has 3 rings (SSSR count).